The number of carbonyl (C=O) groups excluding carboxylic acids is 2. The molecule has 0 spiro atoms. The molecule has 3 rings (SSSR count). The molecule has 2 amide bonds. The van der Waals surface area contributed by atoms with Crippen LogP contribution >= 0.6 is 0 Å². The molecule has 0 radical (unpaired) electrons. The number of piperazine rings is 1. The van der Waals surface area contributed by atoms with E-state index in [1.165, 1.54) is 17.0 Å². The van der Waals surface area contributed by atoms with Crippen molar-refractivity contribution in [1.29, 1.82) is 0 Å². The number of benzene rings is 1. The Bertz CT molecular complexity index is 566. The second-order valence-electron chi connectivity index (χ2n) is 6.45. The Morgan fingerprint density at radius 3 is 2.12 bits per heavy atom. The smallest absolute Gasteiger partial charge is 0.229 e. The lowest BCUT2D eigenvalue weighted by Crippen LogP contribution is -2.47. The van der Waals surface area contributed by atoms with Gasteiger partial charge in [-0.15, -0.1) is 0 Å². The van der Waals surface area contributed by atoms with Crippen LogP contribution in [0.2, 0.25) is 0 Å². The van der Waals surface area contributed by atoms with Gasteiger partial charge >= 0.3 is 0 Å². The molecule has 0 bridgehead atoms. The Hall–Kier alpha value is -1.95. The van der Waals surface area contributed by atoms with Crippen molar-refractivity contribution in [3.05, 3.63) is 30.1 Å². The summed E-state index contributed by atoms with van der Waals surface area (Å²) >= 11 is 0. The molecular weight excluding hydrogens is 309 g/mol. The Labute approximate surface area is 142 Å². The van der Waals surface area contributed by atoms with Gasteiger partial charge in [0.15, 0.2) is 0 Å². The van der Waals surface area contributed by atoms with Gasteiger partial charge in [-0.2, -0.15) is 0 Å². The molecule has 0 N–H and O–H groups in total. The lowest BCUT2D eigenvalue weighted by molar-refractivity contribution is -0.148. The van der Waals surface area contributed by atoms with Gasteiger partial charge in [-0.05, 0) is 43.7 Å². The Morgan fingerprint density at radius 2 is 1.50 bits per heavy atom. The molecule has 2 aliphatic rings. The average molecular weight is 333 g/mol. The molecular formula is C18H24FN3O2. The molecule has 0 aromatic heterocycles. The van der Waals surface area contributed by atoms with Gasteiger partial charge in [-0.25, -0.2) is 4.39 Å². The molecule has 2 saturated heterocycles. The van der Waals surface area contributed by atoms with Crippen molar-refractivity contribution in [2.45, 2.75) is 25.7 Å². The maximum Gasteiger partial charge on any atom is 0.229 e. The molecule has 2 fully saturated rings. The summed E-state index contributed by atoms with van der Waals surface area (Å²) < 4.78 is 13.0. The van der Waals surface area contributed by atoms with Crippen molar-refractivity contribution in [2.24, 2.45) is 0 Å². The number of rotatable bonds is 5. The summed E-state index contributed by atoms with van der Waals surface area (Å²) in [6.45, 7) is 5.14. The summed E-state index contributed by atoms with van der Waals surface area (Å²) in [6, 6.07) is 6.62. The summed E-state index contributed by atoms with van der Waals surface area (Å²) in [4.78, 5) is 29.6. The molecule has 2 heterocycles. The minimum absolute atomic E-state index is 0.0209. The highest BCUT2D eigenvalue weighted by Gasteiger charge is 2.25. The van der Waals surface area contributed by atoms with Crippen LogP contribution in [0.4, 0.5) is 10.1 Å². The van der Waals surface area contributed by atoms with Crippen molar-refractivity contribution in [2.75, 3.05) is 44.2 Å². The van der Waals surface area contributed by atoms with Crippen LogP contribution in [-0.2, 0) is 9.59 Å². The quantitative estimate of drug-likeness (QED) is 0.772. The van der Waals surface area contributed by atoms with Gasteiger partial charge in [-0.3, -0.25) is 19.4 Å². The number of anilines is 1. The highest BCUT2D eigenvalue weighted by atomic mass is 19.1. The van der Waals surface area contributed by atoms with E-state index in [-0.39, 0.29) is 17.6 Å². The first-order valence-electron chi connectivity index (χ1n) is 8.69. The van der Waals surface area contributed by atoms with Gasteiger partial charge in [-0.1, -0.05) is 0 Å². The number of hydrogen-bond donors (Lipinski definition) is 0. The number of hydrogen-bond acceptors (Lipinski definition) is 4. The molecule has 0 atom stereocenters. The van der Waals surface area contributed by atoms with Gasteiger partial charge in [0.25, 0.3) is 0 Å². The van der Waals surface area contributed by atoms with E-state index in [0.29, 0.717) is 25.8 Å². The number of imide groups is 1. The van der Waals surface area contributed by atoms with Crippen molar-refractivity contribution >= 4 is 17.5 Å². The minimum Gasteiger partial charge on any atom is -0.369 e. The molecule has 130 valence electrons. The maximum atomic E-state index is 13.0. The van der Waals surface area contributed by atoms with Gasteiger partial charge < -0.3 is 4.90 Å². The van der Waals surface area contributed by atoms with Crippen LogP contribution in [0.15, 0.2) is 24.3 Å². The number of carbonyl (C=O) groups is 2. The third kappa shape index (κ3) is 4.12. The molecule has 1 aromatic rings. The third-order valence-electron chi connectivity index (χ3n) is 4.80. The molecule has 6 heteroatoms. The van der Waals surface area contributed by atoms with E-state index in [1.807, 2.05) is 12.1 Å². The zero-order valence-corrected chi connectivity index (χ0v) is 13.9. The SMILES string of the molecule is O=C1CCCC(=O)N1CCCN1CCN(c2ccc(F)cc2)CC1. The number of nitrogens with zero attached hydrogens (tertiary/aromatic N) is 3. The predicted octanol–water partition coefficient (Wildman–Crippen LogP) is 1.88. The highest BCUT2D eigenvalue weighted by Crippen LogP contribution is 2.17. The fourth-order valence-electron chi connectivity index (χ4n) is 3.38. The molecule has 2 aliphatic heterocycles. The summed E-state index contributed by atoms with van der Waals surface area (Å²) in [5, 5.41) is 0. The van der Waals surface area contributed by atoms with Crippen LogP contribution in [0.3, 0.4) is 0 Å². The van der Waals surface area contributed by atoms with Crippen LogP contribution in [0, 0.1) is 5.82 Å². The first-order valence-corrected chi connectivity index (χ1v) is 8.69. The summed E-state index contributed by atoms with van der Waals surface area (Å²) in [7, 11) is 0. The van der Waals surface area contributed by atoms with Crippen molar-refractivity contribution in [3.63, 3.8) is 0 Å². The molecule has 1 aromatic carbocycles. The first kappa shape index (κ1) is 16.9. The van der Waals surface area contributed by atoms with Crippen LogP contribution in [0.1, 0.15) is 25.7 Å². The van der Waals surface area contributed by atoms with Crippen molar-refractivity contribution in [1.82, 2.24) is 9.80 Å². The Balaban J connectivity index is 1.40. The van der Waals surface area contributed by atoms with E-state index in [9.17, 15) is 14.0 Å². The molecule has 24 heavy (non-hydrogen) atoms. The van der Waals surface area contributed by atoms with Gasteiger partial charge in [0, 0.05) is 51.3 Å². The number of amides is 2. The lowest BCUT2D eigenvalue weighted by Gasteiger charge is -2.36. The molecule has 0 aliphatic carbocycles. The van der Waals surface area contributed by atoms with Crippen molar-refractivity contribution in [3.8, 4) is 0 Å². The topological polar surface area (TPSA) is 43.9 Å². The van der Waals surface area contributed by atoms with Gasteiger partial charge in [0.05, 0.1) is 0 Å². The van der Waals surface area contributed by atoms with Gasteiger partial charge in [0.2, 0.25) is 11.8 Å². The summed E-state index contributed by atoms with van der Waals surface area (Å²) in [5.41, 5.74) is 1.06. The summed E-state index contributed by atoms with van der Waals surface area (Å²) in [6.07, 6.45) is 2.53. The monoisotopic (exact) mass is 333 g/mol. The van der Waals surface area contributed by atoms with Crippen LogP contribution in [-0.4, -0.2) is 60.9 Å². The molecule has 0 unspecified atom stereocenters. The highest BCUT2D eigenvalue weighted by molar-refractivity contribution is 5.97. The zero-order valence-electron chi connectivity index (χ0n) is 13.9. The first-order chi connectivity index (χ1) is 11.6. The normalized spacial score (nSPS) is 19.9. The number of likely N-dealkylation sites (tertiary alicyclic amines) is 1. The number of piperidine rings is 1. The Morgan fingerprint density at radius 1 is 0.875 bits per heavy atom. The largest absolute Gasteiger partial charge is 0.369 e. The van der Waals surface area contributed by atoms with Crippen LogP contribution in [0.25, 0.3) is 0 Å². The molecule has 5 nitrogen and oxygen atoms in total. The van der Waals surface area contributed by atoms with E-state index >= 15 is 0 Å². The Kier molecular flexibility index (Phi) is 5.45. The average Bonchev–Trinajstić information content (AvgIpc) is 2.59. The van der Waals surface area contributed by atoms with Crippen LogP contribution < -0.4 is 4.90 Å². The van der Waals surface area contributed by atoms with E-state index in [4.69, 9.17) is 0 Å². The van der Waals surface area contributed by atoms with E-state index in [1.54, 1.807) is 0 Å². The van der Waals surface area contributed by atoms with Crippen molar-refractivity contribution < 1.29 is 14.0 Å². The van der Waals surface area contributed by atoms with E-state index in [2.05, 4.69) is 9.80 Å². The standard InChI is InChI=1S/C18H24FN3O2/c19-15-5-7-16(8-6-15)21-13-11-20(12-14-21)9-2-10-22-17(23)3-1-4-18(22)24/h5-8H,1-4,9-14H2. The second kappa shape index (κ2) is 7.75. The summed E-state index contributed by atoms with van der Waals surface area (Å²) in [5.74, 6) is -0.251. The third-order valence-corrected chi connectivity index (χ3v) is 4.80. The lowest BCUT2D eigenvalue weighted by atomic mass is 10.1. The van der Waals surface area contributed by atoms with Crippen LogP contribution in [0.5, 0.6) is 0 Å². The van der Waals surface area contributed by atoms with E-state index < -0.39 is 0 Å². The van der Waals surface area contributed by atoms with E-state index in [0.717, 1.165) is 44.8 Å². The fourth-order valence-corrected chi connectivity index (χ4v) is 3.38. The maximum absolute atomic E-state index is 13.0. The fraction of sp³-hybridized carbons (Fsp3) is 0.556. The second-order valence-corrected chi connectivity index (χ2v) is 6.45. The molecule has 0 saturated carbocycles. The number of halogens is 1. The predicted molar refractivity (Wildman–Crippen MR) is 90.2 cm³/mol. The zero-order chi connectivity index (χ0) is 16.9. The minimum atomic E-state index is -0.209. The van der Waals surface area contributed by atoms with Gasteiger partial charge in [0.1, 0.15) is 5.82 Å².